The number of methoxy groups -OCH3 is 1. The van der Waals surface area contributed by atoms with E-state index in [9.17, 15) is 0 Å². The maximum Gasteiger partial charge on any atom is 0.123 e. The van der Waals surface area contributed by atoms with Crippen molar-refractivity contribution in [3.63, 3.8) is 0 Å². The van der Waals surface area contributed by atoms with Gasteiger partial charge >= 0.3 is 0 Å². The SMILES string of the molecule is COc1ccc(CCCO)cc1CN1CCCC1. The Morgan fingerprint density at radius 2 is 2.06 bits per heavy atom. The minimum atomic E-state index is 0.257. The van der Waals surface area contributed by atoms with Crippen molar-refractivity contribution in [2.45, 2.75) is 32.2 Å². The van der Waals surface area contributed by atoms with Crippen LogP contribution in [0.1, 0.15) is 30.4 Å². The molecule has 3 heteroatoms. The summed E-state index contributed by atoms with van der Waals surface area (Å²) in [4.78, 5) is 2.48. The third-order valence-corrected chi connectivity index (χ3v) is 3.56. The molecule has 0 spiro atoms. The Balaban J connectivity index is 2.08. The van der Waals surface area contributed by atoms with Crippen LogP contribution in [0.3, 0.4) is 0 Å². The molecule has 1 aromatic carbocycles. The number of aliphatic hydroxyl groups is 1. The highest BCUT2D eigenvalue weighted by atomic mass is 16.5. The Morgan fingerprint density at radius 1 is 1.28 bits per heavy atom. The summed E-state index contributed by atoms with van der Waals surface area (Å²) in [7, 11) is 1.73. The van der Waals surface area contributed by atoms with Gasteiger partial charge in [0, 0.05) is 18.7 Å². The summed E-state index contributed by atoms with van der Waals surface area (Å²) in [6, 6.07) is 6.38. The lowest BCUT2D eigenvalue weighted by Crippen LogP contribution is -2.18. The predicted molar refractivity (Wildman–Crippen MR) is 72.9 cm³/mol. The Kier molecular flexibility index (Phi) is 5.02. The van der Waals surface area contributed by atoms with Gasteiger partial charge in [-0.2, -0.15) is 0 Å². The highest BCUT2D eigenvalue weighted by molar-refractivity contribution is 5.37. The Hall–Kier alpha value is -1.06. The largest absolute Gasteiger partial charge is 0.496 e. The van der Waals surface area contributed by atoms with Crippen LogP contribution in [0.15, 0.2) is 18.2 Å². The van der Waals surface area contributed by atoms with Crippen LogP contribution in [-0.4, -0.2) is 36.8 Å². The molecule has 3 nitrogen and oxygen atoms in total. The molecule has 0 atom stereocenters. The molecule has 0 amide bonds. The Morgan fingerprint density at radius 3 is 2.72 bits per heavy atom. The molecule has 100 valence electrons. The smallest absolute Gasteiger partial charge is 0.123 e. The van der Waals surface area contributed by atoms with Gasteiger partial charge in [-0.1, -0.05) is 12.1 Å². The lowest BCUT2D eigenvalue weighted by molar-refractivity contribution is 0.288. The van der Waals surface area contributed by atoms with Crippen molar-refractivity contribution < 1.29 is 9.84 Å². The summed E-state index contributed by atoms with van der Waals surface area (Å²) >= 11 is 0. The number of nitrogens with zero attached hydrogens (tertiary/aromatic N) is 1. The van der Waals surface area contributed by atoms with Crippen LogP contribution < -0.4 is 4.74 Å². The maximum atomic E-state index is 8.89. The summed E-state index contributed by atoms with van der Waals surface area (Å²) in [5.74, 6) is 0.981. The minimum absolute atomic E-state index is 0.257. The van der Waals surface area contributed by atoms with E-state index in [2.05, 4.69) is 23.1 Å². The average Bonchev–Trinajstić information content (AvgIpc) is 2.89. The molecule has 1 aliphatic heterocycles. The molecule has 0 aromatic heterocycles. The summed E-state index contributed by atoms with van der Waals surface area (Å²) in [6.45, 7) is 3.64. The zero-order valence-electron chi connectivity index (χ0n) is 11.2. The van der Waals surface area contributed by atoms with E-state index in [1.165, 1.54) is 37.1 Å². The fourth-order valence-electron chi connectivity index (χ4n) is 2.58. The molecule has 1 saturated heterocycles. The van der Waals surface area contributed by atoms with Crippen molar-refractivity contribution in [1.82, 2.24) is 4.90 Å². The fourth-order valence-corrected chi connectivity index (χ4v) is 2.58. The number of likely N-dealkylation sites (tertiary alicyclic amines) is 1. The van der Waals surface area contributed by atoms with Gasteiger partial charge < -0.3 is 9.84 Å². The quantitative estimate of drug-likeness (QED) is 0.839. The van der Waals surface area contributed by atoms with Gasteiger partial charge in [0.1, 0.15) is 5.75 Å². The van der Waals surface area contributed by atoms with Crippen molar-refractivity contribution in [2.75, 3.05) is 26.8 Å². The Bertz CT molecular complexity index is 373. The van der Waals surface area contributed by atoms with Gasteiger partial charge in [-0.3, -0.25) is 4.90 Å². The first-order valence-corrected chi connectivity index (χ1v) is 6.82. The van der Waals surface area contributed by atoms with E-state index in [0.29, 0.717) is 0 Å². The number of rotatable bonds is 6. The van der Waals surface area contributed by atoms with Crippen LogP contribution in [0.4, 0.5) is 0 Å². The summed E-state index contributed by atoms with van der Waals surface area (Å²) in [5, 5.41) is 8.89. The molecule has 18 heavy (non-hydrogen) atoms. The number of hydrogen-bond donors (Lipinski definition) is 1. The van der Waals surface area contributed by atoms with Crippen molar-refractivity contribution >= 4 is 0 Å². The average molecular weight is 249 g/mol. The molecule has 1 heterocycles. The number of aryl methyl sites for hydroxylation is 1. The van der Waals surface area contributed by atoms with E-state index in [1.807, 2.05) is 0 Å². The predicted octanol–water partition coefficient (Wildman–Crippen LogP) is 2.22. The zero-order valence-corrected chi connectivity index (χ0v) is 11.2. The molecule has 0 aliphatic carbocycles. The second kappa shape index (κ2) is 6.76. The number of ether oxygens (including phenoxy) is 1. The van der Waals surface area contributed by atoms with Crippen LogP contribution in [0.25, 0.3) is 0 Å². The third kappa shape index (κ3) is 3.47. The third-order valence-electron chi connectivity index (χ3n) is 3.56. The van der Waals surface area contributed by atoms with Crippen molar-refractivity contribution in [3.05, 3.63) is 29.3 Å². The van der Waals surface area contributed by atoms with E-state index >= 15 is 0 Å². The molecule has 1 fully saturated rings. The first-order valence-electron chi connectivity index (χ1n) is 6.82. The van der Waals surface area contributed by atoms with Gasteiger partial charge in [-0.15, -0.1) is 0 Å². The second-order valence-electron chi connectivity index (χ2n) is 4.96. The van der Waals surface area contributed by atoms with E-state index in [4.69, 9.17) is 9.84 Å². The Labute approximate surface area is 109 Å². The first-order chi connectivity index (χ1) is 8.83. The lowest BCUT2D eigenvalue weighted by Gasteiger charge is -2.17. The second-order valence-corrected chi connectivity index (χ2v) is 4.96. The van der Waals surface area contributed by atoms with Crippen LogP contribution in [0, 0.1) is 0 Å². The number of benzene rings is 1. The highest BCUT2D eigenvalue weighted by Crippen LogP contribution is 2.23. The van der Waals surface area contributed by atoms with Crippen LogP contribution in [0.5, 0.6) is 5.75 Å². The molecule has 0 bridgehead atoms. The number of aliphatic hydroxyl groups excluding tert-OH is 1. The summed E-state index contributed by atoms with van der Waals surface area (Å²) < 4.78 is 5.44. The molecule has 1 N–H and O–H groups in total. The van der Waals surface area contributed by atoms with E-state index < -0.39 is 0 Å². The topological polar surface area (TPSA) is 32.7 Å². The van der Waals surface area contributed by atoms with Gasteiger partial charge in [0.2, 0.25) is 0 Å². The van der Waals surface area contributed by atoms with Crippen molar-refractivity contribution in [3.8, 4) is 5.75 Å². The van der Waals surface area contributed by atoms with Gasteiger partial charge in [0.05, 0.1) is 7.11 Å². The monoisotopic (exact) mass is 249 g/mol. The van der Waals surface area contributed by atoms with Crippen LogP contribution in [0.2, 0.25) is 0 Å². The van der Waals surface area contributed by atoms with E-state index in [1.54, 1.807) is 7.11 Å². The van der Waals surface area contributed by atoms with Crippen molar-refractivity contribution in [1.29, 1.82) is 0 Å². The fraction of sp³-hybridized carbons (Fsp3) is 0.600. The molecular weight excluding hydrogens is 226 g/mol. The van der Waals surface area contributed by atoms with Gasteiger partial charge in [-0.05, 0) is 50.4 Å². The highest BCUT2D eigenvalue weighted by Gasteiger charge is 2.14. The standard InChI is InChI=1S/C15H23NO2/c1-18-15-7-6-13(5-4-10-17)11-14(15)12-16-8-2-3-9-16/h6-7,11,17H,2-5,8-10,12H2,1H3. The maximum absolute atomic E-state index is 8.89. The molecular formula is C15H23NO2. The lowest BCUT2D eigenvalue weighted by atomic mass is 10.1. The minimum Gasteiger partial charge on any atom is -0.496 e. The molecule has 0 unspecified atom stereocenters. The molecule has 1 aromatic rings. The first kappa shape index (κ1) is 13.4. The number of hydrogen-bond acceptors (Lipinski definition) is 3. The van der Waals surface area contributed by atoms with Gasteiger partial charge in [-0.25, -0.2) is 0 Å². The van der Waals surface area contributed by atoms with E-state index in [-0.39, 0.29) is 6.61 Å². The zero-order chi connectivity index (χ0) is 12.8. The van der Waals surface area contributed by atoms with Gasteiger partial charge in [0.15, 0.2) is 0 Å². The molecule has 0 radical (unpaired) electrons. The van der Waals surface area contributed by atoms with Crippen LogP contribution in [-0.2, 0) is 13.0 Å². The van der Waals surface area contributed by atoms with Crippen LogP contribution >= 0.6 is 0 Å². The molecule has 2 rings (SSSR count). The van der Waals surface area contributed by atoms with Crippen molar-refractivity contribution in [2.24, 2.45) is 0 Å². The van der Waals surface area contributed by atoms with E-state index in [0.717, 1.165) is 25.1 Å². The molecule has 0 saturated carbocycles. The summed E-state index contributed by atoms with van der Waals surface area (Å²) in [5.41, 5.74) is 2.56. The summed E-state index contributed by atoms with van der Waals surface area (Å²) in [6.07, 6.45) is 4.39. The van der Waals surface area contributed by atoms with Gasteiger partial charge in [0.25, 0.3) is 0 Å². The normalized spacial score (nSPS) is 16.1. The molecule has 1 aliphatic rings.